The molecule has 0 saturated carbocycles. The third-order valence-electron chi connectivity index (χ3n) is 3.39. The average Bonchev–Trinajstić information content (AvgIpc) is 2.52. The second-order valence-corrected chi connectivity index (χ2v) is 5.83. The third-order valence-corrected chi connectivity index (χ3v) is 3.39. The number of anilines is 1. The maximum absolute atomic E-state index is 5.96. The molecular formula is C19H26IN3O2. The van der Waals surface area contributed by atoms with Crippen molar-refractivity contribution in [2.75, 3.05) is 19.0 Å². The lowest BCUT2D eigenvalue weighted by molar-refractivity contribution is 0.229. The largest absolute Gasteiger partial charge is 0.497 e. The van der Waals surface area contributed by atoms with Crippen molar-refractivity contribution in [2.24, 2.45) is 10.7 Å². The third kappa shape index (κ3) is 7.21. The molecule has 1 atom stereocenters. The smallest absolute Gasteiger partial charge is 0.193 e. The molecule has 2 aromatic rings. The van der Waals surface area contributed by atoms with E-state index in [2.05, 4.69) is 30.2 Å². The molecule has 3 N–H and O–H groups in total. The minimum atomic E-state index is -0.100. The van der Waals surface area contributed by atoms with E-state index in [1.807, 2.05) is 43.3 Å². The van der Waals surface area contributed by atoms with Gasteiger partial charge in [0.15, 0.2) is 5.96 Å². The van der Waals surface area contributed by atoms with Gasteiger partial charge in [0.2, 0.25) is 0 Å². The summed E-state index contributed by atoms with van der Waals surface area (Å²) in [5, 5.41) is 3.11. The lowest BCUT2D eigenvalue weighted by Crippen LogP contribution is -2.25. The van der Waals surface area contributed by atoms with Crippen LogP contribution in [0.3, 0.4) is 0 Å². The van der Waals surface area contributed by atoms with Crippen molar-refractivity contribution in [1.29, 1.82) is 0 Å². The normalized spacial score (nSPS) is 12.1. The quantitative estimate of drug-likeness (QED) is 0.391. The van der Waals surface area contributed by atoms with Crippen LogP contribution in [0.5, 0.6) is 11.5 Å². The summed E-state index contributed by atoms with van der Waals surface area (Å²) < 4.78 is 11.0. The van der Waals surface area contributed by atoms with Crippen LogP contribution in [0.25, 0.3) is 0 Å². The molecule has 0 amide bonds. The predicted molar refractivity (Wildman–Crippen MR) is 115 cm³/mol. The van der Waals surface area contributed by atoms with Gasteiger partial charge >= 0.3 is 0 Å². The number of hydrogen-bond acceptors (Lipinski definition) is 3. The molecule has 2 rings (SSSR count). The SMILES string of the molecule is COc1cccc(OC(C)CN=C(N)Nc2cc(C)cc(C)c2)c1.I. The number of methoxy groups -OCH3 is 1. The molecule has 0 fully saturated rings. The zero-order valence-electron chi connectivity index (χ0n) is 15.1. The van der Waals surface area contributed by atoms with Crippen molar-refractivity contribution in [3.63, 3.8) is 0 Å². The number of ether oxygens (including phenoxy) is 2. The van der Waals surface area contributed by atoms with Crippen molar-refractivity contribution < 1.29 is 9.47 Å². The zero-order chi connectivity index (χ0) is 17.5. The molecule has 0 bridgehead atoms. The molecule has 5 nitrogen and oxygen atoms in total. The number of guanidine groups is 1. The van der Waals surface area contributed by atoms with Crippen LogP contribution in [-0.2, 0) is 0 Å². The molecule has 0 spiro atoms. The lowest BCUT2D eigenvalue weighted by Gasteiger charge is -2.14. The van der Waals surface area contributed by atoms with Crippen LogP contribution in [0.1, 0.15) is 18.1 Å². The van der Waals surface area contributed by atoms with Gasteiger partial charge in [0.1, 0.15) is 17.6 Å². The summed E-state index contributed by atoms with van der Waals surface area (Å²) >= 11 is 0. The van der Waals surface area contributed by atoms with E-state index < -0.39 is 0 Å². The second kappa shape index (κ2) is 10.1. The highest BCUT2D eigenvalue weighted by Crippen LogP contribution is 2.20. The molecule has 6 heteroatoms. The number of aliphatic imine (C=N–C) groups is 1. The second-order valence-electron chi connectivity index (χ2n) is 5.83. The minimum absolute atomic E-state index is 0. The Morgan fingerprint density at radius 3 is 2.40 bits per heavy atom. The van der Waals surface area contributed by atoms with E-state index in [1.165, 1.54) is 11.1 Å². The Bertz CT molecular complexity index is 699. The van der Waals surface area contributed by atoms with Crippen molar-refractivity contribution in [1.82, 2.24) is 0 Å². The highest BCUT2D eigenvalue weighted by Gasteiger charge is 2.05. The molecule has 0 radical (unpaired) electrons. The van der Waals surface area contributed by atoms with Crippen molar-refractivity contribution in [3.05, 3.63) is 53.6 Å². The highest BCUT2D eigenvalue weighted by atomic mass is 127. The van der Waals surface area contributed by atoms with Crippen LogP contribution in [0.4, 0.5) is 5.69 Å². The number of aryl methyl sites for hydroxylation is 2. The average molecular weight is 455 g/mol. The molecule has 1 unspecified atom stereocenters. The van der Waals surface area contributed by atoms with Crippen LogP contribution in [0.2, 0.25) is 0 Å². The molecule has 0 saturated heterocycles. The standard InChI is InChI=1S/C19H25N3O2.HI/c1-13-8-14(2)10-16(9-13)22-19(20)21-12-15(3)24-18-7-5-6-17(11-18)23-4;/h5-11,15H,12H2,1-4H3,(H3,20,21,22);1H. The molecule has 0 aliphatic rings. The Morgan fingerprint density at radius 2 is 1.76 bits per heavy atom. The Hall–Kier alpha value is -1.96. The van der Waals surface area contributed by atoms with Crippen LogP contribution in [0.15, 0.2) is 47.5 Å². The van der Waals surface area contributed by atoms with E-state index in [9.17, 15) is 0 Å². The number of rotatable bonds is 6. The molecule has 2 aromatic carbocycles. The number of hydrogen-bond donors (Lipinski definition) is 2. The van der Waals surface area contributed by atoms with Gasteiger partial charge in [-0.15, -0.1) is 24.0 Å². The maximum Gasteiger partial charge on any atom is 0.193 e. The maximum atomic E-state index is 5.96. The summed E-state index contributed by atoms with van der Waals surface area (Å²) in [5.41, 5.74) is 9.26. The fourth-order valence-corrected chi connectivity index (χ4v) is 2.41. The van der Waals surface area contributed by atoms with E-state index in [-0.39, 0.29) is 30.1 Å². The molecule has 136 valence electrons. The zero-order valence-corrected chi connectivity index (χ0v) is 17.4. The molecular weight excluding hydrogens is 429 g/mol. The van der Waals surface area contributed by atoms with Gasteiger partial charge in [-0.2, -0.15) is 0 Å². The van der Waals surface area contributed by atoms with Gasteiger partial charge in [0.25, 0.3) is 0 Å². The van der Waals surface area contributed by atoms with Gasteiger partial charge < -0.3 is 20.5 Å². The molecule has 0 aliphatic heterocycles. The number of benzene rings is 2. The van der Waals surface area contributed by atoms with Gasteiger partial charge in [-0.05, 0) is 56.2 Å². The van der Waals surface area contributed by atoms with Gasteiger partial charge in [-0.25, -0.2) is 4.99 Å². The summed E-state index contributed by atoms with van der Waals surface area (Å²) in [4.78, 5) is 4.34. The van der Waals surface area contributed by atoms with Crippen LogP contribution in [0, 0.1) is 13.8 Å². The summed E-state index contributed by atoms with van der Waals surface area (Å²) in [5.74, 6) is 1.89. The summed E-state index contributed by atoms with van der Waals surface area (Å²) in [6, 6.07) is 13.7. The van der Waals surface area contributed by atoms with Gasteiger partial charge in [-0.3, -0.25) is 0 Å². The van der Waals surface area contributed by atoms with Crippen molar-refractivity contribution in [3.8, 4) is 11.5 Å². The molecule has 25 heavy (non-hydrogen) atoms. The first-order valence-electron chi connectivity index (χ1n) is 7.92. The molecule has 0 aromatic heterocycles. The van der Waals surface area contributed by atoms with Crippen LogP contribution >= 0.6 is 24.0 Å². The topological polar surface area (TPSA) is 68.9 Å². The van der Waals surface area contributed by atoms with Crippen molar-refractivity contribution in [2.45, 2.75) is 26.9 Å². The van der Waals surface area contributed by atoms with Gasteiger partial charge in [-0.1, -0.05) is 12.1 Å². The first kappa shape index (κ1) is 21.1. The Labute approximate surface area is 166 Å². The fraction of sp³-hybridized carbons (Fsp3) is 0.316. The highest BCUT2D eigenvalue weighted by molar-refractivity contribution is 14.0. The van der Waals surface area contributed by atoms with E-state index in [0.717, 1.165) is 17.2 Å². The molecule has 0 aliphatic carbocycles. The number of nitrogens with zero attached hydrogens (tertiary/aromatic N) is 1. The Morgan fingerprint density at radius 1 is 1.12 bits per heavy atom. The summed E-state index contributed by atoms with van der Waals surface area (Å²) in [6.45, 7) is 6.51. The summed E-state index contributed by atoms with van der Waals surface area (Å²) in [7, 11) is 1.63. The van der Waals surface area contributed by atoms with Gasteiger partial charge in [0.05, 0.1) is 13.7 Å². The lowest BCUT2D eigenvalue weighted by atomic mass is 10.1. The van der Waals surface area contributed by atoms with Crippen molar-refractivity contribution >= 4 is 35.6 Å². The predicted octanol–water partition coefficient (Wildman–Crippen LogP) is 4.12. The fourth-order valence-electron chi connectivity index (χ4n) is 2.41. The van der Waals surface area contributed by atoms with E-state index in [0.29, 0.717) is 12.5 Å². The van der Waals surface area contributed by atoms with E-state index >= 15 is 0 Å². The minimum Gasteiger partial charge on any atom is -0.497 e. The Balaban J connectivity index is 0.00000312. The van der Waals surface area contributed by atoms with E-state index in [4.69, 9.17) is 15.2 Å². The van der Waals surface area contributed by atoms with E-state index in [1.54, 1.807) is 7.11 Å². The first-order valence-corrected chi connectivity index (χ1v) is 7.92. The number of nitrogens with one attached hydrogen (secondary N) is 1. The number of halogens is 1. The van der Waals surface area contributed by atoms with Crippen LogP contribution < -0.4 is 20.5 Å². The Kier molecular flexibility index (Phi) is 8.54. The molecule has 0 heterocycles. The van der Waals surface area contributed by atoms with Gasteiger partial charge in [0, 0.05) is 11.8 Å². The number of nitrogens with two attached hydrogens (primary N) is 1. The summed E-state index contributed by atoms with van der Waals surface area (Å²) in [6.07, 6.45) is -0.100. The monoisotopic (exact) mass is 455 g/mol. The first-order chi connectivity index (χ1) is 11.5. The van der Waals surface area contributed by atoms with Crippen LogP contribution in [-0.4, -0.2) is 25.7 Å².